The molecule has 0 amide bonds. The molecule has 0 spiro atoms. The topological polar surface area (TPSA) is 67.9 Å². The zero-order chi connectivity index (χ0) is 18.0. The van der Waals surface area contributed by atoms with Crippen LogP contribution in [0.5, 0.6) is 0 Å². The van der Waals surface area contributed by atoms with Crippen molar-refractivity contribution in [2.24, 2.45) is 0 Å². The van der Waals surface area contributed by atoms with Crippen molar-refractivity contribution < 1.29 is 5.11 Å². The zero-order valence-electron chi connectivity index (χ0n) is 15.5. The van der Waals surface area contributed by atoms with Gasteiger partial charge in [-0.3, -0.25) is 4.68 Å². The van der Waals surface area contributed by atoms with Gasteiger partial charge >= 0.3 is 0 Å². The lowest BCUT2D eigenvalue weighted by atomic mass is 10.2. The Bertz CT molecular complexity index is 864. The fraction of sp³-hybridized carbons (Fsp3) is 0.474. The maximum atomic E-state index is 9.15. The number of para-hydroxylation sites is 2. The van der Waals surface area contributed by atoms with Gasteiger partial charge in [0.05, 0.1) is 35.9 Å². The van der Waals surface area contributed by atoms with Crippen LogP contribution < -0.4 is 5.32 Å². The van der Waals surface area contributed by atoms with Crippen molar-refractivity contribution in [1.29, 1.82) is 0 Å². The summed E-state index contributed by atoms with van der Waals surface area (Å²) in [4.78, 5) is 4.82. The SMILES string of the molecule is CCn1c(C(C)NCc2c(C)nn(CCO)c2C)nc2ccccc21. The van der Waals surface area contributed by atoms with Crippen LogP contribution in [-0.4, -0.2) is 31.0 Å². The Hall–Kier alpha value is -2.18. The van der Waals surface area contributed by atoms with E-state index in [-0.39, 0.29) is 12.6 Å². The van der Waals surface area contributed by atoms with Crippen LogP contribution in [0, 0.1) is 13.8 Å². The van der Waals surface area contributed by atoms with Crippen molar-refractivity contribution >= 4 is 11.0 Å². The molecular formula is C19H27N5O. The Balaban J connectivity index is 1.81. The predicted molar refractivity (Wildman–Crippen MR) is 99.4 cm³/mol. The second-order valence-electron chi connectivity index (χ2n) is 6.40. The molecule has 1 atom stereocenters. The van der Waals surface area contributed by atoms with Gasteiger partial charge in [-0.15, -0.1) is 0 Å². The molecule has 0 bridgehead atoms. The highest BCUT2D eigenvalue weighted by Gasteiger charge is 2.17. The molecule has 0 saturated carbocycles. The minimum absolute atomic E-state index is 0.103. The highest BCUT2D eigenvalue weighted by atomic mass is 16.3. The summed E-state index contributed by atoms with van der Waals surface area (Å²) in [5.41, 5.74) is 5.53. The van der Waals surface area contributed by atoms with E-state index in [4.69, 9.17) is 10.1 Å². The van der Waals surface area contributed by atoms with Crippen molar-refractivity contribution in [2.45, 2.75) is 53.4 Å². The van der Waals surface area contributed by atoms with E-state index in [1.54, 1.807) is 0 Å². The second-order valence-corrected chi connectivity index (χ2v) is 6.40. The number of aliphatic hydroxyl groups is 1. The normalized spacial score (nSPS) is 12.8. The second kappa shape index (κ2) is 7.37. The van der Waals surface area contributed by atoms with E-state index in [1.165, 1.54) is 11.1 Å². The minimum Gasteiger partial charge on any atom is -0.394 e. The van der Waals surface area contributed by atoms with Gasteiger partial charge < -0.3 is 15.0 Å². The van der Waals surface area contributed by atoms with E-state index < -0.39 is 0 Å². The van der Waals surface area contributed by atoms with Crippen molar-refractivity contribution in [1.82, 2.24) is 24.6 Å². The lowest BCUT2D eigenvalue weighted by Gasteiger charge is -2.15. The first-order valence-corrected chi connectivity index (χ1v) is 8.89. The Morgan fingerprint density at radius 2 is 2.00 bits per heavy atom. The predicted octanol–water partition coefficient (Wildman–Crippen LogP) is 2.71. The van der Waals surface area contributed by atoms with Gasteiger partial charge in [0.15, 0.2) is 0 Å². The Morgan fingerprint density at radius 1 is 1.24 bits per heavy atom. The first kappa shape index (κ1) is 17.6. The van der Waals surface area contributed by atoms with E-state index in [9.17, 15) is 0 Å². The summed E-state index contributed by atoms with van der Waals surface area (Å²) in [6.45, 7) is 10.6. The van der Waals surface area contributed by atoms with Crippen molar-refractivity contribution in [3.8, 4) is 0 Å². The highest BCUT2D eigenvalue weighted by Crippen LogP contribution is 2.21. The third-order valence-corrected chi connectivity index (χ3v) is 4.82. The summed E-state index contributed by atoms with van der Waals surface area (Å²) in [6.07, 6.45) is 0. The van der Waals surface area contributed by atoms with Crippen LogP contribution >= 0.6 is 0 Å². The van der Waals surface area contributed by atoms with E-state index in [0.717, 1.165) is 35.8 Å². The van der Waals surface area contributed by atoms with E-state index in [1.807, 2.05) is 17.7 Å². The first-order valence-electron chi connectivity index (χ1n) is 8.89. The molecular weight excluding hydrogens is 314 g/mol. The summed E-state index contributed by atoms with van der Waals surface area (Å²) < 4.78 is 4.14. The van der Waals surface area contributed by atoms with Gasteiger partial charge in [-0.2, -0.15) is 5.10 Å². The number of fused-ring (bicyclic) bond motifs is 1. The molecule has 0 aliphatic heterocycles. The maximum absolute atomic E-state index is 9.15. The number of imidazole rings is 1. The molecule has 6 heteroatoms. The number of aromatic nitrogens is 4. The highest BCUT2D eigenvalue weighted by molar-refractivity contribution is 5.76. The molecule has 2 N–H and O–H groups in total. The molecule has 2 aromatic heterocycles. The number of rotatable bonds is 7. The lowest BCUT2D eigenvalue weighted by molar-refractivity contribution is 0.267. The van der Waals surface area contributed by atoms with E-state index >= 15 is 0 Å². The molecule has 25 heavy (non-hydrogen) atoms. The zero-order valence-corrected chi connectivity index (χ0v) is 15.5. The molecule has 134 valence electrons. The van der Waals surface area contributed by atoms with Gasteiger partial charge in [-0.25, -0.2) is 4.98 Å². The molecule has 0 aliphatic carbocycles. The number of hydrogen-bond donors (Lipinski definition) is 2. The monoisotopic (exact) mass is 341 g/mol. The number of nitrogens with one attached hydrogen (secondary N) is 1. The van der Waals surface area contributed by atoms with Crippen LogP contribution in [0.15, 0.2) is 24.3 Å². The third kappa shape index (κ3) is 3.32. The summed E-state index contributed by atoms with van der Waals surface area (Å²) in [7, 11) is 0. The van der Waals surface area contributed by atoms with E-state index in [0.29, 0.717) is 6.54 Å². The number of nitrogens with zero attached hydrogens (tertiary/aromatic N) is 4. The average Bonchev–Trinajstić information content (AvgIpc) is 3.11. The maximum Gasteiger partial charge on any atom is 0.126 e. The van der Waals surface area contributed by atoms with Gasteiger partial charge in [0.2, 0.25) is 0 Å². The van der Waals surface area contributed by atoms with Crippen LogP contribution in [0.3, 0.4) is 0 Å². The summed E-state index contributed by atoms with van der Waals surface area (Å²) >= 11 is 0. The van der Waals surface area contributed by atoms with Crippen molar-refractivity contribution in [3.05, 3.63) is 47.0 Å². The van der Waals surface area contributed by atoms with Crippen LogP contribution in [-0.2, 0) is 19.6 Å². The molecule has 0 radical (unpaired) electrons. The Labute approximate surface area is 148 Å². The molecule has 6 nitrogen and oxygen atoms in total. The number of aliphatic hydroxyl groups excluding tert-OH is 1. The molecule has 2 heterocycles. The van der Waals surface area contributed by atoms with Gasteiger partial charge in [0.25, 0.3) is 0 Å². The van der Waals surface area contributed by atoms with Crippen molar-refractivity contribution in [2.75, 3.05) is 6.61 Å². The number of benzene rings is 1. The number of aryl methyl sites for hydroxylation is 2. The van der Waals surface area contributed by atoms with Crippen molar-refractivity contribution in [3.63, 3.8) is 0 Å². The Kier molecular flexibility index (Phi) is 5.20. The van der Waals surface area contributed by atoms with E-state index in [2.05, 4.69) is 54.0 Å². The summed E-state index contributed by atoms with van der Waals surface area (Å²) in [5.74, 6) is 1.06. The van der Waals surface area contributed by atoms with Gasteiger partial charge in [0, 0.05) is 24.3 Å². The molecule has 1 unspecified atom stereocenters. The fourth-order valence-electron chi connectivity index (χ4n) is 3.41. The fourth-order valence-corrected chi connectivity index (χ4v) is 3.41. The first-order chi connectivity index (χ1) is 12.1. The smallest absolute Gasteiger partial charge is 0.126 e. The van der Waals surface area contributed by atoms with Gasteiger partial charge in [0.1, 0.15) is 5.82 Å². The number of hydrogen-bond acceptors (Lipinski definition) is 4. The third-order valence-electron chi connectivity index (χ3n) is 4.82. The quantitative estimate of drug-likeness (QED) is 0.693. The van der Waals surface area contributed by atoms with Crippen LogP contribution in [0.25, 0.3) is 11.0 Å². The standard InChI is InChI=1S/C19H27N5O/c1-5-23-18-9-7-6-8-17(18)21-19(23)14(3)20-12-16-13(2)22-24(10-11-25)15(16)4/h6-9,14,20,25H,5,10-12H2,1-4H3. The Morgan fingerprint density at radius 3 is 2.72 bits per heavy atom. The summed E-state index contributed by atoms with van der Waals surface area (Å²) in [5, 5.41) is 17.3. The lowest BCUT2D eigenvalue weighted by Crippen LogP contribution is -2.22. The molecule has 3 rings (SSSR count). The molecule has 1 aromatic carbocycles. The largest absolute Gasteiger partial charge is 0.394 e. The molecule has 0 fully saturated rings. The minimum atomic E-state index is 0.103. The average molecular weight is 341 g/mol. The molecule has 0 saturated heterocycles. The van der Waals surface area contributed by atoms with Crippen LogP contribution in [0.1, 0.15) is 42.7 Å². The molecule has 0 aliphatic rings. The molecule has 3 aromatic rings. The van der Waals surface area contributed by atoms with Gasteiger partial charge in [-0.1, -0.05) is 12.1 Å². The van der Waals surface area contributed by atoms with Crippen LogP contribution in [0.4, 0.5) is 0 Å². The van der Waals surface area contributed by atoms with Crippen LogP contribution in [0.2, 0.25) is 0 Å². The summed E-state index contributed by atoms with van der Waals surface area (Å²) in [6, 6.07) is 8.40. The van der Waals surface area contributed by atoms with Gasteiger partial charge in [-0.05, 0) is 39.8 Å².